The molecule has 0 aliphatic heterocycles. The van der Waals surface area contributed by atoms with Crippen LogP contribution in [0.3, 0.4) is 0 Å². The summed E-state index contributed by atoms with van der Waals surface area (Å²) in [6, 6.07) is 32.6. The zero-order valence-electron chi connectivity index (χ0n) is 29.9. The molecule has 4 nitrogen and oxygen atoms in total. The molecule has 3 fully saturated rings. The van der Waals surface area contributed by atoms with Crippen LogP contribution in [0.2, 0.25) is 0 Å². The Kier molecular flexibility index (Phi) is 12.3. The Morgan fingerprint density at radius 1 is 0.816 bits per heavy atom. The average molecular weight is 682 g/mol. The molecular weight excluding hydrogens is 626 g/mol. The largest absolute Gasteiger partial charge is 0.462 e. The maximum absolute atomic E-state index is 12.4. The molecule has 1 N–H and O–H groups in total. The Labute approximate surface area is 300 Å². The first kappa shape index (κ1) is 37.1. The first-order chi connectivity index (χ1) is 23.2. The van der Waals surface area contributed by atoms with Crippen LogP contribution < -0.4 is 5.32 Å². The third kappa shape index (κ3) is 8.07. The first-order valence-corrected chi connectivity index (χ1v) is 18.5. The lowest BCUT2D eigenvalue weighted by Gasteiger charge is -2.56. The molecule has 262 valence electrons. The molecule has 3 saturated carbocycles. The summed E-state index contributed by atoms with van der Waals surface area (Å²) >= 11 is 0. The van der Waals surface area contributed by atoms with Crippen LogP contribution >= 0.6 is 12.4 Å². The predicted molar refractivity (Wildman–Crippen MR) is 202 cm³/mol. The lowest BCUT2D eigenvalue weighted by molar-refractivity contribution is -0.148. The van der Waals surface area contributed by atoms with E-state index in [2.05, 4.69) is 123 Å². The second-order valence-corrected chi connectivity index (χ2v) is 15.4. The van der Waals surface area contributed by atoms with Crippen molar-refractivity contribution in [3.05, 3.63) is 119 Å². The molecule has 0 aromatic heterocycles. The second-order valence-electron chi connectivity index (χ2n) is 15.4. The van der Waals surface area contributed by atoms with Gasteiger partial charge in [0.25, 0.3) is 0 Å². The molecule has 7 unspecified atom stereocenters. The summed E-state index contributed by atoms with van der Waals surface area (Å²) in [6.45, 7) is 9.42. The summed E-state index contributed by atoms with van der Waals surface area (Å²) in [4.78, 5) is 23.7. The van der Waals surface area contributed by atoms with Crippen molar-refractivity contribution in [2.24, 2.45) is 28.6 Å². The topological polar surface area (TPSA) is 55.4 Å². The first-order valence-electron chi connectivity index (χ1n) is 18.5. The van der Waals surface area contributed by atoms with Crippen LogP contribution in [-0.4, -0.2) is 24.4 Å². The summed E-state index contributed by atoms with van der Waals surface area (Å²) in [7, 11) is 0. The van der Waals surface area contributed by atoms with E-state index in [1.807, 2.05) is 0 Å². The van der Waals surface area contributed by atoms with Gasteiger partial charge in [0.1, 0.15) is 11.9 Å². The van der Waals surface area contributed by atoms with Crippen LogP contribution in [0.15, 0.2) is 103 Å². The minimum absolute atomic E-state index is 0. The van der Waals surface area contributed by atoms with Gasteiger partial charge in [0.2, 0.25) is 0 Å². The monoisotopic (exact) mass is 681 g/mol. The van der Waals surface area contributed by atoms with Gasteiger partial charge in [-0.05, 0) is 98.3 Å². The van der Waals surface area contributed by atoms with Crippen LogP contribution in [0.5, 0.6) is 0 Å². The van der Waals surface area contributed by atoms with Gasteiger partial charge in [-0.15, -0.1) is 12.4 Å². The maximum Gasteiger partial charge on any atom is 0.302 e. The zero-order valence-corrected chi connectivity index (χ0v) is 30.7. The van der Waals surface area contributed by atoms with Crippen molar-refractivity contribution in [1.29, 1.82) is 0 Å². The number of hydrogen-bond donors (Lipinski definition) is 1. The highest BCUT2D eigenvalue weighted by Crippen LogP contribution is 2.64. The number of halogens is 1. The Balaban J connectivity index is 0.000000187. The molecule has 0 spiro atoms. The van der Waals surface area contributed by atoms with E-state index < -0.39 is 0 Å². The molecule has 4 aliphatic carbocycles. The predicted octanol–water partition coefficient (Wildman–Crippen LogP) is 10.4. The highest BCUT2D eigenvalue weighted by atomic mass is 35.5. The van der Waals surface area contributed by atoms with Gasteiger partial charge >= 0.3 is 5.97 Å². The molecule has 0 heterocycles. The highest BCUT2D eigenvalue weighted by Gasteiger charge is 2.58. The normalized spacial score (nSPS) is 29.2. The number of nitrogens with one attached hydrogen (secondary N) is 1. The van der Waals surface area contributed by atoms with E-state index in [-0.39, 0.29) is 35.3 Å². The van der Waals surface area contributed by atoms with Crippen LogP contribution in [0.4, 0.5) is 0 Å². The number of Topliss-reactive ketones (excluding diaryl/α,β-unsaturated/α-hetero) is 1. The minimum atomic E-state index is -0.157. The van der Waals surface area contributed by atoms with E-state index in [1.165, 1.54) is 35.6 Å². The third-order valence-electron chi connectivity index (χ3n) is 12.7. The summed E-state index contributed by atoms with van der Waals surface area (Å²) in [6.07, 6.45) is 11.9. The van der Waals surface area contributed by atoms with Gasteiger partial charge in [0, 0.05) is 37.1 Å². The number of benzene rings is 3. The van der Waals surface area contributed by atoms with Crippen LogP contribution in [0.1, 0.15) is 114 Å². The van der Waals surface area contributed by atoms with E-state index in [0.29, 0.717) is 35.5 Å². The van der Waals surface area contributed by atoms with Gasteiger partial charge in [0.05, 0.1) is 0 Å². The molecule has 0 radical (unpaired) electrons. The Morgan fingerprint density at radius 3 is 1.96 bits per heavy atom. The van der Waals surface area contributed by atoms with Crippen LogP contribution in [0, 0.1) is 28.6 Å². The summed E-state index contributed by atoms with van der Waals surface area (Å²) < 4.78 is 5.50. The second kappa shape index (κ2) is 16.2. The van der Waals surface area contributed by atoms with Gasteiger partial charge in [0.15, 0.2) is 0 Å². The van der Waals surface area contributed by atoms with E-state index >= 15 is 0 Å². The van der Waals surface area contributed by atoms with Crippen molar-refractivity contribution in [3.8, 4) is 0 Å². The van der Waals surface area contributed by atoms with E-state index in [9.17, 15) is 9.59 Å². The quantitative estimate of drug-likeness (QED) is 0.190. The summed E-state index contributed by atoms with van der Waals surface area (Å²) in [5.74, 6) is 2.77. The molecular formula is C44H56ClNO3. The molecule has 3 aromatic carbocycles. The van der Waals surface area contributed by atoms with Crippen molar-refractivity contribution in [2.45, 2.75) is 104 Å². The molecule has 0 bridgehead atoms. The molecule has 4 aliphatic rings. The van der Waals surface area contributed by atoms with Gasteiger partial charge < -0.3 is 10.1 Å². The molecule has 0 amide bonds. The van der Waals surface area contributed by atoms with Gasteiger partial charge in [-0.1, -0.05) is 116 Å². The minimum Gasteiger partial charge on any atom is -0.462 e. The fourth-order valence-electron chi connectivity index (χ4n) is 9.93. The number of allylic oxidation sites excluding steroid dienone is 1. The van der Waals surface area contributed by atoms with Crippen molar-refractivity contribution in [2.75, 3.05) is 6.54 Å². The number of ketones is 1. The van der Waals surface area contributed by atoms with Gasteiger partial charge in [-0.3, -0.25) is 9.59 Å². The number of rotatable bonds is 8. The van der Waals surface area contributed by atoms with Crippen molar-refractivity contribution >= 4 is 24.2 Å². The number of carbonyl (C=O) groups is 2. The lowest BCUT2D eigenvalue weighted by Crippen LogP contribution is -2.50. The zero-order chi connectivity index (χ0) is 33.7. The molecule has 7 rings (SSSR count). The number of carbonyl (C=O) groups excluding carboxylic acids is 2. The Bertz CT molecular complexity index is 1520. The van der Waals surface area contributed by atoms with Gasteiger partial charge in [-0.2, -0.15) is 0 Å². The number of esters is 1. The number of ether oxygens (including phenoxy) is 1. The number of hydrogen-bond acceptors (Lipinski definition) is 4. The standard InChI is InChI=1S/C23H25N.C21H30O3.ClH/c1-19(20-11-5-2-6-12-20)24-18-17-23(21-13-7-3-8-14-21)22-15-9-4-10-16-22;1-13(22)24-15-8-10-20(2)14(12-15)4-5-16-17-6-7-19(23)21(17,3)11-9-18(16)20;/h2-16,19,23-24H,17-18H2,1H3;4,15-18H,5-12H2,1-3H3;1H. The van der Waals surface area contributed by atoms with Crippen molar-refractivity contribution in [1.82, 2.24) is 5.32 Å². The average Bonchev–Trinajstić information content (AvgIpc) is 3.41. The molecule has 49 heavy (non-hydrogen) atoms. The van der Waals surface area contributed by atoms with Gasteiger partial charge in [-0.25, -0.2) is 0 Å². The fraction of sp³-hybridized carbons (Fsp3) is 0.500. The molecule has 5 heteroatoms. The van der Waals surface area contributed by atoms with Crippen LogP contribution in [-0.2, 0) is 14.3 Å². The smallest absolute Gasteiger partial charge is 0.302 e. The van der Waals surface area contributed by atoms with E-state index in [4.69, 9.17) is 4.74 Å². The summed E-state index contributed by atoms with van der Waals surface area (Å²) in [5.41, 5.74) is 5.85. The Hall–Kier alpha value is -3.21. The molecule has 0 saturated heterocycles. The molecule has 7 atom stereocenters. The van der Waals surface area contributed by atoms with E-state index in [1.54, 1.807) is 0 Å². The number of fused-ring (bicyclic) bond motifs is 5. The van der Waals surface area contributed by atoms with Crippen molar-refractivity contribution in [3.63, 3.8) is 0 Å². The SMILES string of the molecule is CC(=O)OC1CCC2(C)C(=CCC3C4CCC(=O)C4(C)CCC32)C1.CC(NCCC(c1ccccc1)c1ccccc1)c1ccccc1.Cl. The fourth-order valence-corrected chi connectivity index (χ4v) is 9.93. The van der Waals surface area contributed by atoms with Crippen LogP contribution in [0.25, 0.3) is 0 Å². The maximum atomic E-state index is 12.4. The Morgan fingerprint density at radius 2 is 1.37 bits per heavy atom. The third-order valence-corrected chi connectivity index (χ3v) is 12.7. The van der Waals surface area contributed by atoms with Crippen molar-refractivity contribution < 1.29 is 14.3 Å². The molecule has 3 aromatic rings. The lowest BCUT2D eigenvalue weighted by atomic mass is 9.48. The summed E-state index contributed by atoms with van der Waals surface area (Å²) in [5, 5.41) is 3.67. The van der Waals surface area contributed by atoms with E-state index in [0.717, 1.165) is 57.9 Å². The highest BCUT2D eigenvalue weighted by molar-refractivity contribution is 5.87.